The van der Waals surface area contributed by atoms with Crippen LogP contribution in [-0.4, -0.2) is 25.7 Å². The van der Waals surface area contributed by atoms with Gasteiger partial charge >= 0.3 is 12.1 Å². The lowest BCUT2D eigenvalue weighted by Crippen LogP contribution is -2.17. The van der Waals surface area contributed by atoms with Crippen LogP contribution in [0.4, 0.5) is 13.2 Å². The molecule has 0 spiro atoms. The molecule has 1 N–H and O–H groups in total. The number of carboxylic acids is 1. The van der Waals surface area contributed by atoms with Crippen molar-refractivity contribution in [3.8, 4) is 0 Å². The molecule has 17 heavy (non-hydrogen) atoms. The second-order valence-electron chi connectivity index (χ2n) is 3.34. The van der Waals surface area contributed by atoms with E-state index >= 15 is 0 Å². The van der Waals surface area contributed by atoms with Gasteiger partial charge in [0.05, 0.1) is 5.56 Å². The molecule has 0 radical (unpaired) electrons. The van der Waals surface area contributed by atoms with Crippen molar-refractivity contribution >= 4 is 11.6 Å². The molecule has 0 amide bonds. The van der Waals surface area contributed by atoms with Crippen LogP contribution in [0, 0.1) is 6.92 Å². The Morgan fingerprint density at radius 1 is 1.35 bits per heavy atom. The number of aromatic carboxylic acids is 1. The first-order valence-electron chi connectivity index (χ1n) is 4.47. The Morgan fingerprint density at radius 2 is 2.00 bits per heavy atom. The molecule has 2 rings (SSSR count). The molecule has 0 unspecified atom stereocenters. The molecule has 0 saturated carbocycles. The van der Waals surface area contributed by atoms with Crippen molar-refractivity contribution in [3.63, 3.8) is 0 Å². The summed E-state index contributed by atoms with van der Waals surface area (Å²) in [5.74, 6) is -1.59. The number of rotatable bonds is 1. The van der Waals surface area contributed by atoms with Crippen LogP contribution in [0.5, 0.6) is 0 Å². The van der Waals surface area contributed by atoms with Crippen LogP contribution in [0.1, 0.15) is 21.9 Å². The summed E-state index contributed by atoms with van der Waals surface area (Å²) in [6.07, 6.45) is -4.74. The van der Waals surface area contributed by atoms with Gasteiger partial charge in [-0.15, -0.1) is 10.2 Å². The molecule has 0 aliphatic rings. The van der Waals surface area contributed by atoms with Gasteiger partial charge in [-0.25, -0.2) is 4.79 Å². The monoisotopic (exact) mass is 245 g/mol. The summed E-state index contributed by atoms with van der Waals surface area (Å²) in [6, 6.07) is 1.77. The summed E-state index contributed by atoms with van der Waals surface area (Å²) in [4.78, 5) is 11.0. The molecule has 2 aromatic rings. The van der Waals surface area contributed by atoms with E-state index in [1.807, 2.05) is 0 Å². The van der Waals surface area contributed by atoms with Crippen molar-refractivity contribution in [1.29, 1.82) is 0 Å². The lowest BCUT2D eigenvalue weighted by atomic mass is 10.1. The predicted octanol–water partition coefficient (Wildman–Crippen LogP) is 1.75. The van der Waals surface area contributed by atoms with Gasteiger partial charge in [0.1, 0.15) is 11.5 Å². The van der Waals surface area contributed by atoms with E-state index in [0.29, 0.717) is 6.07 Å². The molecule has 0 aromatic carbocycles. The smallest absolute Gasteiger partial charge is 0.418 e. The number of carbonyl (C=O) groups is 1. The number of aryl methyl sites for hydroxylation is 1. The second kappa shape index (κ2) is 3.44. The van der Waals surface area contributed by atoms with E-state index in [-0.39, 0.29) is 11.5 Å². The van der Waals surface area contributed by atoms with E-state index in [4.69, 9.17) is 5.11 Å². The zero-order valence-electron chi connectivity index (χ0n) is 8.49. The number of nitrogens with zero attached hydrogens (tertiary/aromatic N) is 3. The first-order chi connectivity index (χ1) is 7.82. The van der Waals surface area contributed by atoms with Crippen LogP contribution in [0.25, 0.3) is 5.65 Å². The molecular weight excluding hydrogens is 239 g/mol. The van der Waals surface area contributed by atoms with E-state index in [0.717, 1.165) is 10.5 Å². The van der Waals surface area contributed by atoms with Gasteiger partial charge in [0.2, 0.25) is 0 Å². The minimum atomic E-state index is -4.74. The molecule has 5 nitrogen and oxygen atoms in total. The van der Waals surface area contributed by atoms with Crippen LogP contribution in [0.2, 0.25) is 0 Å². The highest BCUT2D eigenvalue weighted by atomic mass is 19.4. The lowest BCUT2D eigenvalue weighted by molar-refractivity contribution is -0.138. The maximum Gasteiger partial charge on any atom is 0.418 e. The van der Waals surface area contributed by atoms with Gasteiger partial charge in [-0.1, -0.05) is 0 Å². The van der Waals surface area contributed by atoms with Crippen molar-refractivity contribution in [3.05, 3.63) is 29.2 Å². The van der Waals surface area contributed by atoms with Crippen molar-refractivity contribution in [2.24, 2.45) is 0 Å². The highest BCUT2D eigenvalue weighted by Gasteiger charge is 2.37. The summed E-state index contributed by atoms with van der Waals surface area (Å²) in [6.45, 7) is 1.38. The molecular formula is C9H6F3N3O2. The maximum atomic E-state index is 12.7. The van der Waals surface area contributed by atoms with Gasteiger partial charge in [0.15, 0.2) is 5.65 Å². The standard InChI is InChI=1S/C9H6F3N3O2/c1-4-13-14-6-3-2-5(9(10,11)12)7(8(16)17)15(4)6/h2-3H,1H3,(H,16,17). The normalized spacial score (nSPS) is 12.0. The number of aromatic nitrogens is 3. The van der Waals surface area contributed by atoms with Crippen LogP contribution in [0.15, 0.2) is 12.1 Å². The summed E-state index contributed by atoms with van der Waals surface area (Å²) in [7, 11) is 0. The number of pyridine rings is 1. The van der Waals surface area contributed by atoms with E-state index in [9.17, 15) is 18.0 Å². The zero-order chi connectivity index (χ0) is 12.8. The van der Waals surface area contributed by atoms with Crippen LogP contribution in [0.3, 0.4) is 0 Å². The Kier molecular flexibility index (Phi) is 2.30. The first-order valence-corrected chi connectivity index (χ1v) is 4.47. The van der Waals surface area contributed by atoms with Gasteiger partial charge in [-0.05, 0) is 19.1 Å². The van der Waals surface area contributed by atoms with Crippen molar-refractivity contribution in [2.75, 3.05) is 0 Å². The number of carboxylic acid groups (broad SMARTS) is 1. The second-order valence-corrected chi connectivity index (χ2v) is 3.34. The Morgan fingerprint density at radius 3 is 2.53 bits per heavy atom. The molecule has 0 aliphatic carbocycles. The molecule has 8 heteroatoms. The van der Waals surface area contributed by atoms with Gasteiger partial charge in [-0.2, -0.15) is 13.2 Å². The lowest BCUT2D eigenvalue weighted by Gasteiger charge is -2.11. The third-order valence-electron chi connectivity index (χ3n) is 2.24. The third-order valence-corrected chi connectivity index (χ3v) is 2.24. The van der Waals surface area contributed by atoms with Gasteiger partial charge in [0.25, 0.3) is 0 Å². The number of hydrogen-bond donors (Lipinski definition) is 1. The topological polar surface area (TPSA) is 67.5 Å². The Balaban J connectivity index is 2.91. The summed E-state index contributed by atoms with van der Waals surface area (Å²) in [5, 5.41) is 16.0. The third kappa shape index (κ3) is 1.71. The first kappa shape index (κ1) is 11.4. The number of hydrogen-bond acceptors (Lipinski definition) is 3. The SMILES string of the molecule is Cc1nnc2ccc(C(F)(F)F)c(C(=O)O)n12. The molecule has 2 heterocycles. The highest BCUT2D eigenvalue weighted by molar-refractivity contribution is 5.88. The van der Waals surface area contributed by atoms with Crippen molar-refractivity contribution < 1.29 is 23.1 Å². The van der Waals surface area contributed by atoms with Crippen molar-refractivity contribution in [1.82, 2.24) is 14.6 Å². The summed E-state index contributed by atoms with van der Waals surface area (Å²) >= 11 is 0. The van der Waals surface area contributed by atoms with Crippen molar-refractivity contribution in [2.45, 2.75) is 13.1 Å². The number of halogens is 3. The van der Waals surface area contributed by atoms with E-state index < -0.39 is 23.4 Å². The fraction of sp³-hybridized carbons (Fsp3) is 0.222. The van der Waals surface area contributed by atoms with Crippen LogP contribution >= 0.6 is 0 Å². The molecule has 0 saturated heterocycles. The quantitative estimate of drug-likeness (QED) is 0.831. The largest absolute Gasteiger partial charge is 0.477 e. The molecule has 0 atom stereocenters. The average molecular weight is 245 g/mol. The highest BCUT2D eigenvalue weighted by Crippen LogP contribution is 2.32. The maximum absolute atomic E-state index is 12.7. The number of fused-ring (bicyclic) bond motifs is 1. The predicted molar refractivity (Wildman–Crippen MR) is 49.7 cm³/mol. The molecule has 90 valence electrons. The minimum absolute atomic E-state index is 0.0629. The summed E-state index contributed by atoms with van der Waals surface area (Å²) in [5.41, 5.74) is -2.04. The fourth-order valence-corrected chi connectivity index (χ4v) is 1.56. The van der Waals surface area contributed by atoms with Gasteiger partial charge < -0.3 is 5.11 Å². The van der Waals surface area contributed by atoms with E-state index in [2.05, 4.69) is 10.2 Å². The fourth-order valence-electron chi connectivity index (χ4n) is 1.56. The van der Waals surface area contributed by atoms with E-state index in [1.165, 1.54) is 6.92 Å². The van der Waals surface area contributed by atoms with Gasteiger partial charge in [0, 0.05) is 0 Å². The van der Waals surface area contributed by atoms with Crippen LogP contribution < -0.4 is 0 Å². The molecule has 0 fully saturated rings. The van der Waals surface area contributed by atoms with Crippen LogP contribution in [-0.2, 0) is 6.18 Å². The minimum Gasteiger partial charge on any atom is -0.477 e. The van der Waals surface area contributed by atoms with E-state index in [1.54, 1.807) is 0 Å². The Hall–Kier alpha value is -2.12. The average Bonchev–Trinajstić information content (AvgIpc) is 2.58. The molecule has 2 aromatic heterocycles. The number of alkyl halides is 3. The zero-order valence-corrected chi connectivity index (χ0v) is 8.49. The van der Waals surface area contributed by atoms with Gasteiger partial charge in [-0.3, -0.25) is 4.40 Å². The molecule has 0 aliphatic heterocycles. The summed E-state index contributed by atoms with van der Waals surface area (Å²) < 4.78 is 38.8. The Bertz CT molecular complexity index is 603. The Labute approximate surface area is 92.5 Å². The molecule has 0 bridgehead atoms.